The molecule has 0 bridgehead atoms. The highest BCUT2D eigenvalue weighted by atomic mass is 28.4. The van der Waals surface area contributed by atoms with Crippen molar-refractivity contribution in [2.75, 3.05) is 13.7 Å². The van der Waals surface area contributed by atoms with Crippen molar-refractivity contribution >= 4 is 20.2 Å². The third kappa shape index (κ3) is 3.69. The zero-order chi connectivity index (χ0) is 22.4. The van der Waals surface area contributed by atoms with E-state index in [4.69, 9.17) is 13.9 Å². The van der Waals surface area contributed by atoms with Crippen LogP contribution in [0.4, 0.5) is 0 Å². The number of fused-ring (bicyclic) bond motifs is 3. The molecule has 3 aliphatic rings. The first kappa shape index (κ1) is 23.2. The maximum Gasteiger partial charge on any atom is 0.355 e. The second kappa shape index (κ2) is 8.24. The molecular weight excluding hydrogens is 398 g/mol. The Bertz CT molecular complexity index is 753. The molecule has 7 heteroatoms. The fourth-order valence-corrected chi connectivity index (χ4v) is 6.40. The number of hydrogen-bond donors (Lipinski definition) is 0. The van der Waals surface area contributed by atoms with Gasteiger partial charge in [-0.25, -0.2) is 4.79 Å². The van der Waals surface area contributed by atoms with Crippen LogP contribution in [0.3, 0.4) is 0 Å². The minimum atomic E-state index is -2.02. The van der Waals surface area contributed by atoms with Crippen LogP contribution in [0, 0.1) is 11.8 Å². The van der Waals surface area contributed by atoms with E-state index < -0.39 is 14.3 Å². The Kier molecular flexibility index (Phi) is 6.38. The molecule has 168 valence electrons. The zero-order valence-corrected chi connectivity index (χ0v) is 20.5. The van der Waals surface area contributed by atoms with Gasteiger partial charge in [0.2, 0.25) is 5.91 Å². The van der Waals surface area contributed by atoms with Crippen molar-refractivity contribution in [3.63, 3.8) is 0 Å². The lowest BCUT2D eigenvalue weighted by molar-refractivity contribution is -0.163. The molecule has 2 fully saturated rings. The number of esters is 1. The Labute approximate surface area is 181 Å². The Hall–Kier alpha value is -1.44. The molecule has 0 radical (unpaired) electrons. The van der Waals surface area contributed by atoms with E-state index in [1.54, 1.807) is 12.0 Å². The van der Waals surface area contributed by atoms with E-state index >= 15 is 0 Å². The monoisotopic (exact) mass is 435 g/mol. The number of hydrogen-bond acceptors (Lipinski definition) is 5. The summed E-state index contributed by atoms with van der Waals surface area (Å²) >= 11 is 0. The molecule has 3 rings (SSSR count). The lowest BCUT2D eigenvalue weighted by Crippen LogP contribution is -2.65. The molecule has 1 saturated carbocycles. The quantitative estimate of drug-likeness (QED) is 0.261. The first-order valence-electron chi connectivity index (χ1n) is 11.0. The second-order valence-electron chi connectivity index (χ2n) is 10.3. The Morgan fingerprint density at radius 3 is 2.57 bits per heavy atom. The highest BCUT2D eigenvalue weighted by molar-refractivity contribution is 6.74. The van der Waals surface area contributed by atoms with Crippen LogP contribution in [0.15, 0.2) is 23.9 Å². The van der Waals surface area contributed by atoms with Crippen molar-refractivity contribution in [1.29, 1.82) is 0 Å². The Morgan fingerprint density at radius 1 is 1.33 bits per heavy atom. The molecule has 2 aliphatic heterocycles. The maximum absolute atomic E-state index is 13.3. The molecule has 0 aromatic carbocycles. The molecule has 0 N–H and O–H groups in total. The number of amides is 1. The van der Waals surface area contributed by atoms with Gasteiger partial charge in [0.1, 0.15) is 12.3 Å². The molecule has 30 heavy (non-hydrogen) atoms. The molecule has 1 saturated heterocycles. The van der Waals surface area contributed by atoms with Gasteiger partial charge < -0.3 is 18.8 Å². The normalized spacial score (nSPS) is 29.8. The number of methoxy groups -OCH3 is 1. The highest BCUT2D eigenvalue weighted by Gasteiger charge is 2.63. The SMILES string of the molecule is C=CCOC(=O)C1=C2[C@H](OC)CCC[C@@H]2[C@@H]2[C@@H](C(C)O[Si](C)(C)C(C)(C)C)C(=O)N12. The van der Waals surface area contributed by atoms with Crippen molar-refractivity contribution in [2.45, 2.75) is 83.3 Å². The summed E-state index contributed by atoms with van der Waals surface area (Å²) in [6, 6.07) is -0.0449. The third-order valence-corrected chi connectivity index (χ3v) is 12.0. The van der Waals surface area contributed by atoms with Gasteiger partial charge in [-0.15, -0.1) is 0 Å². The molecule has 0 aromatic rings. The topological polar surface area (TPSA) is 65.1 Å². The van der Waals surface area contributed by atoms with Gasteiger partial charge in [-0.3, -0.25) is 4.79 Å². The smallest absolute Gasteiger partial charge is 0.355 e. The average Bonchev–Trinajstić information content (AvgIpc) is 2.95. The number of carbonyl (C=O) groups is 2. The number of rotatable bonds is 7. The van der Waals surface area contributed by atoms with Crippen molar-refractivity contribution in [3.8, 4) is 0 Å². The summed E-state index contributed by atoms with van der Waals surface area (Å²) in [6.45, 7) is 16.8. The van der Waals surface area contributed by atoms with Crippen LogP contribution >= 0.6 is 0 Å². The van der Waals surface area contributed by atoms with Gasteiger partial charge in [-0.1, -0.05) is 33.4 Å². The third-order valence-electron chi connectivity index (χ3n) is 7.45. The van der Waals surface area contributed by atoms with E-state index in [2.05, 4.69) is 40.4 Å². The van der Waals surface area contributed by atoms with Gasteiger partial charge in [0.15, 0.2) is 8.32 Å². The van der Waals surface area contributed by atoms with Crippen molar-refractivity contribution in [1.82, 2.24) is 4.90 Å². The van der Waals surface area contributed by atoms with E-state index in [1.807, 2.05) is 6.92 Å². The summed E-state index contributed by atoms with van der Waals surface area (Å²) in [4.78, 5) is 27.9. The minimum Gasteiger partial charge on any atom is -0.457 e. The van der Waals surface area contributed by atoms with Crippen LogP contribution < -0.4 is 0 Å². The fraction of sp³-hybridized carbons (Fsp3) is 0.739. The number of carbonyl (C=O) groups excluding carboxylic acids is 2. The summed E-state index contributed by atoms with van der Waals surface area (Å²) in [6.07, 6.45) is 4.03. The van der Waals surface area contributed by atoms with Crippen molar-refractivity contribution in [2.24, 2.45) is 11.8 Å². The molecular formula is C23H37NO5Si. The van der Waals surface area contributed by atoms with Crippen LogP contribution in [-0.2, 0) is 23.5 Å². The van der Waals surface area contributed by atoms with Gasteiger partial charge in [-0.05, 0) is 49.9 Å². The van der Waals surface area contributed by atoms with E-state index in [0.717, 1.165) is 24.8 Å². The van der Waals surface area contributed by atoms with Crippen LogP contribution in [0.1, 0.15) is 47.0 Å². The molecule has 1 amide bonds. The fourth-order valence-electron chi connectivity index (χ4n) is 4.97. The Balaban J connectivity index is 1.90. The Morgan fingerprint density at radius 2 is 2.00 bits per heavy atom. The van der Waals surface area contributed by atoms with E-state index in [0.29, 0.717) is 5.70 Å². The lowest BCUT2D eigenvalue weighted by Gasteiger charge is -2.50. The first-order valence-corrected chi connectivity index (χ1v) is 13.9. The molecule has 6 nitrogen and oxygen atoms in total. The van der Waals surface area contributed by atoms with E-state index in [1.165, 1.54) is 6.08 Å². The first-order chi connectivity index (χ1) is 14.0. The van der Waals surface area contributed by atoms with Gasteiger partial charge in [0.25, 0.3) is 0 Å². The summed E-state index contributed by atoms with van der Waals surface area (Å²) < 4.78 is 17.7. The van der Waals surface area contributed by atoms with Crippen molar-refractivity contribution < 1.29 is 23.5 Å². The highest BCUT2D eigenvalue weighted by Crippen LogP contribution is 2.53. The van der Waals surface area contributed by atoms with E-state index in [9.17, 15) is 9.59 Å². The van der Waals surface area contributed by atoms with Gasteiger partial charge in [0.05, 0.1) is 24.2 Å². The van der Waals surface area contributed by atoms with Gasteiger partial charge in [-0.2, -0.15) is 0 Å². The zero-order valence-electron chi connectivity index (χ0n) is 19.5. The molecule has 5 atom stereocenters. The summed E-state index contributed by atoms with van der Waals surface area (Å²) in [5.74, 6) is -0.595. The number of β-lactam (4-membered cyclic amide) rings is 1. The molecule has 1 aliphatic carbocycles. The lowest BCUT2D eigenvalue weighted by atomic mass is 9.72. The standard InChI is InChI=1S/C23H37NO5Si/c1-9-13-28-22(26)20-18-15(11-10-12-16(18)27-6)19-17(21(25)24(19)20)14(2)29-30(7,8)23(3,4)5/h9,14-17,19H,1,10-13H2,2-8H3/t14?,15-,16+,17+,19+/m0/s1. The van der Waals surface area contributed by atoms with Crippen molar-refractivity contribution in [3.05, 3.63) is 23.9 Å². The molecule has 2 heterocycles. The summed E-state index contributed by atoms with van der Waals surface area (Å²) in [5, 5.41) is 0.0679. The molecule has 0 aromatic heterocycles. The predicted octanol–water partition coefficient (Wildman–Crippen LogP) is 4.04. The minimum absolute atomic E-state index is 0.0338. The van der Waals surface area contributed by atoms with Gasteiger partial charge in [0, 0.05) is 13.0 Å². The van der Waals surface area contributed by atoms with Gasteiger partial charge >= 0.3 is 5.97 Å². The van der Waals surface area contributed by atoms with E-state index in [-0.39, 0.29) is 47.6 Å². The second-order valence-corrected chi connectivity index (χ2v) is 15.0. The summed E-state index contributed by atoms with van der Waals surface area (Å²) in [5.41, 5.74) is 1.34. The maximum atomic E-state index is 13.3. The average molecular weight is 436 g/mol. The summed E-state index contributed by atoms with van der Waals surface area (Å²) in [7, 11) is -0.347. The largest absolute Gasteiger partial charge is 0.457 e. The molecule has 1 unspecified atom stereocenters. The van der Waals surface area contributed by atoms with Crippen LogP contribution in [-0.4, -0.2) is 57.1 Å². The molecule has 0 spiro atoms. The van der Waals surface area contributed by atoms with Crippen LogP contribution in [0.5, 0.6) is 0 Å². The number of nitrogens with zero attached hydrogens (tertiary/aromatic N) is 1. The predicted molar refractivity (Wildman–Crippen MR) is 118 cm³/mol. The van der Waals surface area contributed by atoms with Crippen LogP contribution in [0.25, 0.3) is 0 Å². The number of ether oxygens (including phenoxy) is 2. The van der Waals surface area contributed by atoms with Crippen LogP contribution in [0.2, 0.25) is 18.1 Å².